The largest absolute Gasteiger partial charge is 0.457 e. The fourth-order valence-corrected chi connectivity index (χ4v) is 8.58. The summed E-state index contributed by atoms with van der Waals surface area (Å²) in [4.78, 5) is 12.9. The smallest absolute Gasteiger partial charge is 0.306 e. The maximum atomic E-state index is 12.9. The van der Waals surface area contributed by atoms with Crippen LogP contribution in [0.25, 0.3) is 0 Å². The molecule has 2 aliphatic rings. The van der Waals surface area contributed by atoms with Crippen LogP contribution in [-0.4, -0.2) is 142 Å². The highest BCUT2D eigenvalue weighted by molar-refractivity contribution is 5.69. The molecule has 2 aliphatic heterocycles. The number of unbranched alkanes of at least 4 members (excludes halogenated alkanes) is 28. The first-order valence-electron chi connectivity index (χ1n) is 26.1. The second-order valence-electron chi connectivity index (χ2n) is 18.7. The van der Waals surface area contributed by atoms with Crippen molar-refractivity contribution in [2.45, 2.75) is 280 Å². The topological polar surface area (TPSA) is 214 Å². The number of aliphatic hydroxyl groups excluding tert-OH is 7. The molecule has 2 rings (SSSR count). The molecule has 64 heavy (non-hydrogen) atoms. The van der Waals surface area contributed by atoms with Gasteiger partial charge < -0.3 is 64.2 Å². The minimum atomic E-state index is -1.70. The lowest BCUT2D eigenvalue weighted by atomic mass is 9.98. The van der Waals surface area contributed by atoms with Crippen molar-refractivity contribution >= 4 is 5.97 Å². The number of carbonyl (C=O) groups is 1. The Morgan fingerprint density at radius 1 is 0.453 bits per heavy atom. The van der Waals surface area contributed by atoms with Crippen LogP contribution in [0, 0.1) is 0 Å². The summed E-state index contributed by atoms with van der Waals surface area (Å²) in [5, 5.41) is 71.9. The van der Waals surface area contributed by atoms with E-state index in [2.05, 4.69) is 13.8 Å². The molecule has 14 nitrogen and oxygen atoms in total. The monoisotopic (exact) mass is 921 g/mol. The Balaban J connectivity index is 1.63. The third kappa shape index (κ3) is 26.5. The van der Waals surface area contributed by atoms with E-state index in [0.717, 1.165) is 44.9 Å². The molecule has 2 fully saturated rings. The Bertz CT molecular complexity index is 1070. The number of ether oxygens (including phenoxy) is 6. The summed E-state index contributed by atoms with van der Waals surface area (Å²) in [6.45, 7) is 3.67. The highest BCUT2D eigenvalue weighted by Crippen LogP contribution is 2.26. The van der Waals surface area contributed by atoms with Crippen molar-refractivity contribution in [3.8, 4) is 0 Å². The standard InChI is InChI=1S/C50H96O14/c1-3-5-7-9-11-12-13-14-15-16-17-18-19-20-21-22-23-24-25-26-27-28-29-31-33-42(52)62-39(36-59-34-32-30-10-8-6-4-2)37-60-49-48(58)46(56)44(54)41(64-49)38-61-50-47(57)45(55)43(53)40(35-51)63-50/h39-41,43-51,53-58H,3-38H2,1-2H3. The summed E-state index contributed by atoms with van der Waals surface area (Å²) in [6, 6.07) is 0. The number of hydrogen-bond acceptors (Lipinski definition) is 14. The summed E-state index contributed by atoms with van der Waals surface area (Å²) in [7, 11) is 0. The van der Waals surface area contributed by atoms with Gasteiger partial charge in [-0.3, -0.25) is 4.79 Å². The SMILES string of the molecule is CCCCCCCCCCCCCCCCCCCCCCCCCCC(=O)OC(COCCCCCCCC)COC1OC(COC2OC(CO)C(O)C(O)C2O)C(O)C(O)C1O. The van der Waals surface area contributed by atoms with Gasteiger partial charge in [-0.25, -0.2) is 0 Å². The van der Waals surface area contributed by atoms with Gasteiger partial charge in [0.1, 0.15) is 54.9 Å². The van der Waals surface area contributed by atoms with Crippen molar-refractivity contribution in [2.24, 2.45) is 0 Å². The first-order valence-corrected chi connectivity index (χ1v) is 26.1. The third-order valence-corrected chi connectivity index (χ3v) is 12.9. The molecule has 0 aromatic carbocycles. The second-order valence-corrected chi connectivity index (χ2v) is 18.7. The van der Waals surface area contributed by atoms with Gasteiger partial charge in [0.05, 0.1) is 26.4 Å². The van der Waals surface area contributed by atoms with Gasteiger partial charge in [0.25, 0.3) is 0 Å². The molecule has 0 aliphatic carbocycles. The quantitative estimate of drug-likeness (QED) is 0.0231. The van der Waals surface area contributed by atoms with Gasteiger partial charge in [-0.15, -0.1) is 0 Å². The van der Waals surface area contributed by atoms with Crippen LogP contribution in [0.5, 0.6) is 0 Å². The molecule has 2 saturated heterocycles. The Kier molecular flexibility index (Phi) is 35.9. The number of hydrogen-bond donors (Lipinski definition) is 7. The van der Waals surface area contributed by atoms with Gasteiger partial charge in [0.15, 0.2) is 12.6 Å². The van der Waals surface area contributed by atoms with Gasteiger partial charge in [-0.1, -0.05) is 194 Å². The van der Waals surface area contributed by atoms with E-state index in [9.17, 15) is 40.5 Å². The molecule has 0 spiro atoms. The summed E-state index contributed by atoms with van der Waals surface area (Å²) in [5.74, 6) is -0.373. The average Bonchev–Trinajstić information content (AvgIpc) is 3.29. The molecule has 14 heteroatoms. The lowest BCUT2D eigenvalue weighted by Crippen LogP contribution is -2.61. The Hall–Kier alpha value is -1.01. The summed E-state index contributed by atoms with van der Waals surface area (Å²) < 4.78 is 34.1. The van der Waals surface area contributed by atoms with Crippen molar-refractivity contribution in [2.75, 3.05) is 33.0 Å². The average molecular weight is 921 g/mol. The van der Waals surface area contributed by atoms with E-state index in [-0.39, 0.29) is 25.6 Å². The van der Waals surface area contributed by atoms with Crippen LogP contribution in [0.3, 0.4) is 0 Å². The number of esters is 1. The van der Waals surface area contributed by atoms with Crippen LogP contribution < -0.4 is 0 Å². The van der Waals surface area contributed by atoms with Gasteiger partial charge in [-0.05, 0) is 12.8 Å². The number of rotatable bonds is 42. The molecule has 7 N–H and O–H groups in total. The normalized spacial score (nSPS) is 26.6. The summed E-state index contributed by atoms with van der Waals surface area (Å²) >= 11 is 0. The van der Waals surface area contributed by atoms with Crippen molar-refractivity contribution in [1.82, 2.24) is 0 Å². The van der Waals surface area contributed by atoms with Crippen LogP contribution in [0.1, 0.15) is 213 Å². The molecule has 0 radical (unpaired) electrons. The molecular weight excluding hydrogens is 825 g/mol. The molecule has 380 valence electrons. The lowest BCUT2D eigenvalue weighted by molar-refractivity contribution is -0.332. The molecule has 11 atom stereocenters. The molecule has 0 aromatic rings. The predicted octanol–water partition coefficient (Wildman–Crippen LogP) is 7.69. The van der Waals surface area contributed by atoms with Crippen molar-refractivity contribution in [1.29, 1.82) is 0 Å². The van der Waals surface area contributed by atoms with Gasteiger partial charge >= 0.3 is 5.97 Å². The highest BCUT2D eigenvalue weighted by Gasteiger charge is 2.47. The fraction of sp³-hybridized carbons (Fsp3) is 0.980. The Morgan fingerprint density at radius 2 is 0.828 bits per heavy atom. The first-order chi connectivity index (χ1) is 31.1. The molecular formula is C50H96O14. The molecule has 0 bridgehead atoms. The van der Waals surface area contributed by atoms with Crippen LogP contribution >= 0.6 is 0 Å². The third-order valence-electron chi connectivity index (χ3n) is 12.9. The van der Waals surface area contributed by atoms with E-state index in [0.29, 0.717) is 6.61 Å². The maximum Gasteiger partial charge on any atom is 0.306 e. The highest BCUT2D eigenvalue weighted by atomic mass is 16.7. The van der Waals surface area contributed by atoms with Gasteiger partial charge in [-0.2, -0.15) is 0 Å². The zero-order valence-corrected chi connectivity index (χ0v) is 40.3. The van der Waals surface area contributed by atoms with Gasteiger partial charge in [0, 0.05) is 13.0 Å². The van der Waals surface area contributed by atoms with E-state index in [1.54, 1.807) is 0 Å². The molecule has 11 unspecified atom stereocenters. The Morgan fingerprint density at radius 3 is 1.27 bits per heavy atom. The minimum absolute atomic E-state index is 0.0672. The van der Waals surface area contributed by atoms with Gasteiger partial charge in [0.2, 0.25) is 0 Å². The molecule has 2 heterocycles. The predicted molar refractivity (Wildman–Crippen MR) is 248 cm³/mol. The van der Waals surface area contributed by atoms with Crippen molar-refractivity contribution in [3.63, 3.8) is 0 Å². The summed E-state index contributed by atoms with van der Waals surface area (Å²) in [6.07, 6.45) is 22.2. The van der Waals surface area contributed by atoms with E-state index >= 15 is 0 Å². The molecule has 0 aromatic heterocycles. The van der Waals surface area contributed by atoms with Crippen LogP contribution in [0.15, 0.2) is 0 Å². The van der Waals surface area contributed by atoms with Crippen LogP contribution in [-0.2, 0) is 33.2 Å². The van der Waals surface area contributed by atoms with E-state index < -0.39 is 80.7 Å². The zero-order chi connectivity index (χ0) is 46.6. The van der Waals surface area contributed by atoms with Crippen LogP contribution in [0.4, 0.5) is 0 Å². The second kappa shape index (κ2) is 38.9. The first kappa shape index (κ1) is 59.1. The lowest BCUT2D eigenvalue weighted by Gasteiger charge is -2.42. The Labute approximate surface area is 387 Å². The minimum Gasteiger partial charge on any atom is -0.457 e. The van der Waals surface area contributed by atoms with Crippen LogP contribution in [0.2, 0.25) is 0 Å². The van der Waals surface area contributed by atoms with Crippen molar-refractivity contribution < 1.29 is 69.0 Å². The fourth-order valence-electron chi connectivity index (χ4n) is 8.58. The van der Waals surface area contributed by atoms with Crippen molar-refractivity contribution in [3.05, 3.63) is 0 Å². The van der Waals surface area contributed by atoms with E-state index in [1.165, 1.54) is 148 Å². The molecule has 0 saturated carbocycles. The number of aliphatic hydroxyl groups is 7. The van der Waals surface area contributed by atoms with E-state index in [1.807, 2.05) is 0 Å². The zero-order valence-electron chi connectivity index (χ0n) is 40.3. The molecule has 0 amide bonds. The number of carbonyl (C=O) groups excluding carboxylic acids is 1. The maximum absolute atomic E-state index is 12.9. The summed E-state index contributed by atoms with van der Waals surface area (Å²) in [5.41, 5.74) is 0. The van der Waals surface area contributed by atoms with E-state index in [4.69, 9.17) is 28.4 Å².